The summed E-state index contributed by atoms with van der Waals surface area (Å²) in [7, 11) is 0. The Hall–Kier alpha value is -2.02. The molecule has 134 valence electrons. The van der Waals surface area contributed by atoms with E-state index in [1.807, 2.05) is 12.1 Å². The van der Waals surface area contributed by atoms with Gasteiger partial charge in [0.15, 0.2) is 0 Å². The summed E-state index contributed by atoms with van der Waals surface area (Å²) in [5.41, 5.74) is 8.43. The molecule has 2 aromatic carbocycles. The molecule has 0 aliphatic heterocycles. The van der Waals surface area contributed by atoms with Crippen molar-refractivity contribution < 1.29 is 5.11 Å². The first-order valence-corrected chi connectivity index (χ1v) is 10.2. The van der Waals surface area contributed by atoms with Crippen molar-refractivity contribution >= 4 is 0 Å². The molecule has 26 heavy (non-hydrogen) atoms. The van der Waals surface area contributed by atoms with Crippen molar-refractivity contribution in [3.05, 3.63) is 76.4 Å². The molecule has 0 bridgehead atoms. The third kappa shape index (κ3) is 2.29. The van der Waals surface area contributed by atoms with Gasteiger partial charge in [0, 0.05) is 5.41 Å². The fourth-order valence-corrected chi connectivity index (χ4v) is 6.26. The van der Waals surface area contributed by atoms with Gasteiger partial charge < -0.3 is 5.11 Å². The smallest absolute Gasteiger partial charge is 0.115 e. The fourth-order valence-electron chi connectivity index (χ4n) is 6.26. The van der Waals surface area contributed by atoms with Gasteiger partial charge in [-0.05, 0) is 85.6 Å². The van der Waals surface area contributed by atoms with Crippen molar-refractivity contribution in [2.45, 2.75) is 63.7 Å². The average Bonchev–Trinajstić information content (AvgIpc) is 3.04. The van der Waals surface area contributed by atoms with Gasteiger partial charge in [0.2, 0.25) is 0 Å². The number of fused-ring (bicyclic) bond motifs is 4. The zero-order valence-electron chi connectivity index (χ0n) is 15.7. The Morgan fingerprint density at radius 3 is 2.58 bits per heavy atom. The molecule has 0 radical (unpaired) electrons. The van der Waals surface area contributed by atoms with Gasteiger partial charge in [0.25, 0.3) is 0 Å². The predicted molar refractivity (Wildman–Crippen MR) is 106 cm³/mol. The molecule has 0 heterocycles. The van der Waals surface area contributed by atoms with Gasteiger partial charge in [-0.3, -0.25) is 0 Å². The van der Waals surface area contributed by atoms with Crippen LogP contribution in [-0.2, 0) is 18.3 Å². The highest BCUT2D eigenvalue weighted by Crippen LogP contribution is 2.60. The summed E-state index contributed by atoms with van der Waals surface area (Å²) in [5, 5.41) is 10.0. The molecule has 0 aromatic heterocycles. The number of phenolic OH excluding ortho intramolecular Hbond substituents is 1. The predicted octanol–water partition coefficient (Wildman–Crippen LogP) is 6.10. The van der Waals surface area contributed by atoms with E-state index >= 15 is 0 Å². The summed E-state index contributed by atoms with van der Waals surface area (Å²) >= 11 is 0. The summed E-state index contributed by atoms with van der Waals surface area (Å²) in [6.07, 6.45) is 9.93. The summed E-state index contributed by atoms with van der Waals surface area (Å²) in [5.74, 6) is 0.413. The maximum atomic E-state index is 10.0. The lowest BCUT2D eigenvalue weighted by molar-refractivity contribution is 0.264. The lowest BCUT2D eigenvalue weighted by atomic mass is 9.54. The zero-order chi connectivity index (χ0) is 17.8. The van der Waals surface area contributed by atoms with Crippen LogP contribution in [0.25, 0.3) is 0 Å². The van der Waals surface area contributed by atoms with Crippen LogP contribution in [0.3, 0.4) is 0 Å². The number of aromatic hydroxyl groups is 1. The number of hydrogen-bond acceptors (Lipinski definition) is 1. The van der Waals surface area contributed by atoms with E-state index in [9.17, 15) is 5.11 Å². The van der Waals surface area contributed by atoms with Gasteiger partial charge in [-0.15, -0.1) is 0 Å². The van der Waals surface area contributed by atoms with Crippen molar-refractivity contribution in [2.75, 3.05) is 0 Å². The van der Waals surface area contributed by atoms with Gasteiger partial charge in [-0.1, -0.05) is 54.5 Å². The highest BCUT2D eigenvalue weighted by molar-refractivity contribution is 5.53. The van der Waals surface area contributed by atoms with Crippen LogP contribution in [0.2, 0.25) is 0 Å². The van der Waals surface area contributed by atoms with Gasteiger partial charge in [0.05, 0.1) is 0 Å². The second-order valence-electron chi connectivity index (χ2n) is 8.96. The van der Waals surface area contributed by atoms with Crippen LogP contribution in [0.5, 0.6) is 5.75 Å². The fraction of sp³-hybridized carbons (Fsp3) is 0.440. The lowest BCUT2D eigenvalue weighted by Gasteiger charge is -2.50. The van der Waals surface area contributed by atoms with E-state index in [4.69, 9.17) is 0 Å². The summed E-state index contributed by atoms with van der Waals surface area (Å²) in [6, 6.07) is 17.2. The Morgan fingerprint density at radius 1 is 0.885 bits per heavy atom. The molecule has 5 rings (SSSR count). The van der Waals surface area contributed by atoms with E-state index in [0.29, 0.717) is 11.2 Å². The Bertz CT molecular complexity index is 878. The van der Waals surface area contributed by atoms with Crippen molar-refractivity contribution in [1.82, 2.24) is 0 Å². The van der Waals surface area contributed by atoms with Crippen LogP contribution in [0.4, 0.5) is 0 Å². The van der Waals surface area contributed by atoms with Gasteiger partial charge >= 0.3 is 0 Å². The molecule has 1 fully saturated rings. The topological polar surface area (TPSA) is 20.2 Å². The molecule has 1 N–H and O–H groups in total. The SMILES string of the molecule is CC12CCCC1=C1CCc3cc(O)ccc3C1(Cc1ccccc1)CC2. The highest BCUT2D eigenvalue weighted by atomic mass is 16.3. The summed E-state index contributed by atoms with van der Waals surface area (Å²) in [6.45, 7) is 2.51. The molecular formula is C25H28O. The van der Waals surface area contributed by atoms with Crippen LogP contribution in [0, 0.1) is 5.41 Å². The minimum absolute atomic E-state index is 0.141. The van der Waals surface area contributed by atoms with Crippen LogP contribution >= 0.6 is 0 Å². The Morgan fingerprint density at radius 2 is 1.73 bits per heavy atom. The summed E-state index contributed by atoms with van der Waals surface area (Å²) in [4.78, 5) is 0. The van der Waals surface area contributed by atoms with Gasteiger partial charge in [0.1, 0.15) is 5.75 Å². The molecule has 1 nitrogen and oxygen atoms in total. The Kier molecular flexibility index (Phi) is 3.57. The number of aryl methyl sites for hydroxylation is 1. The van der Waals surface area contributed by atoms with Crippen molar-refractivity contribution in [3.8, 4) is 5.75 Å². The Labute approximate surface area is 156 Å². The number of allylic oxidation sites excluding steroid dienone is 2. The Balaban J connectivity index is 1.72. The first-order chi connectivity index (χ1) is 12.6. The molecule has 3 aliphatic rings. The van der Waals surface area contributed by atoms with E-state index in [-0.39, 0.29) is 5.41 Å². The maximum Gasteiger partial charge on any atom is 0.115 e. The molecule has 2 aromatic rings. The minimum Gasteiger partial charge on any atom is -0.508 e. The highest BCUT2D eigenvalue weighted by Gasteiger charge is 2.50. The number of rotatable bonds is 2. The van der Waals surface area contributed by atoms with Gasteiger partial charge in [-0.25, -0.2) is 0 Å². The zero-order valence-corrected chi connectivity index (χ0v) is 15.7. The molecule has 0 spiro atoms. The molecular weight excluding hydrogens is 316 g/mol. The molecule has 3 aliphatic carbocycles. The second-order valence-corrected chi connectivity index (χ2v) is 8.96. The van der Waals surface area contributed by atoms with Crippen molar-refractivity contribution in [1.29, 1.82) is 0 Å². The molecule has 1 heteroatoms. The second kappa shape index (κ2) is 5.74. The van der Waals surface area contributed by atoms with E-state index in [1.165, 1.54) is 55.2 Å². The first-order valence-electron chi connectivity index (χ1n) is 10.2. The monoisotopic (exact) mass is 344 g/mol. The van der Waals surface area contributed by atoms with Gasteiger partial charge in [-0.2, -0.15) is 0 Å². The molecule has 2 atom stereocenters. The standard InChI is InChI=1S/C25H28O/c1-24-13-5-8-22(24)23-11-9-19-16-20(26)10-12-21(19)25(23,15-14-24)17-18-6-3-2-4-7-18/h2-4,6-7,10,12,16,26H,5,8-9,11,13-15,17H2,1H3. The summed E-state index contributed by atoms with van der Waals surface area (Å²) < 4.78 is 0. The molecule has 0 saturated heterocycles. The number of phenols is 1. The first kappa shape index (κ1) is 16.2. The third-order valence-corrected chi connectivity index (χ3v) is 7.53. The lowest BCUT2D eigenvalue weighted by Crippen LogP contribution is -2.42. The van der Waals surface area contributed by atoms with Crippen LogP contribution in [0.15, 0.2) is 59.7 Å². The number of benzene rings is 2. The van der Waals surface area contributed by atoms with Crippen LogP contribution in [-0.4, -0.2) is 5.11 Å². The van der Waals surface area contributed by atoms with E-state index < -0.39 is 0 Å². The maximum absolute atomic E-state index is 10.0. The van der Waals surface area contributed by atoms with Crippen molar-refractivity contribution in [3.63, 3.8) is 0 Å². The minimum atomic E-state index is 0.141. The van der Waals surface area contributed by atoms with Crippen LogP contribution in [0.1, 0.15) is 62.1 Å². The molecule has 1 saturated carbocycles. The molecule has 0 amide bonds. The quantitative estimate of drug-likeness (QED) is 0.653. The van der Waals surface area contributed by atoms with Crippen LogP contribution < -0.4 is 0 Å². The van der Waals surface area contributed by atoms with Crippen molar-refractivity contribution in [2.24, 2.45) is 5.41 Å². The van der Waals surface area contributed by atoms with E-state index in [1.54, 1.807) is 11.1 Å². The molecule has 2 unspecified atom stereocenters. The normalized spacial score (nSPS) is 29.9. The van der Waals surface area contributed by atoms with E-state index in [0.717, 1.165) is 12.8 Å². The van der Waals surface area contributed by atoms with E-state index in [2.05, 4.69) is 43.3 Å². The largest absolute Gasteiger partial charge is 0.508 e. The third-order valence-electron chi connectivity index (χ3n) is 7.53. The number of hydrogen-bond donors (Lipinski definition) is 1. The average molecular weight is 344 g/mol.